The number of rotatable bonds is 6. The van der Waals surface area contributed by atoms with Gasteiger partial charge in [0.25, 0.3) is 0 Å². The molecule has 1 saturated heterocycles. The molecule has 28 heavy (non-hydrogen) atoms. The summed E-state index contributed by atoms with van der Waals surface area (Å²) in [7, 11) is 1.61. The second-order valence-electron chi connectivity index (χ2n) is 7.03. The molecule has 7 heteroatoms. The maximum Gasteiger partial charge on any atom is 0.325 e. The van der Waals surface area contributed by atoms with Crippen molar-refractivity contribution in [2.24, 2.45) is 0 Å². The van der Waals surface area contributed by atoms with Gasteiger partial charge in [-0.2, -0.15) is 0 Å². The molecular weight excluding hydrogens is 356 g/mol. The Bertz CT molecular complexity index is 949. The number of ether oxygens (including phenoxy) is 1. The highest BCUT2D eigenvalue weighted by molar-refractivity contribution is 5.90. The van der Waals surface area contributed by atoms with Gasteiger partial charge in [0.15, 0.2) is 0 Å². The van der Waals surface area contributed by atoms with Crippen molar-refractivity contribution in [3.63, 3.8) is 0 Å². The van der Waals surface area contributed by atoms with Crippen molar-refractivity contribution in [2.75, 3.05) is 33.3 Å². The minimum absolute atomic E-state index is 0.683. The standard InChI is InChI=1S/C21H24N4O3/c1-28-16-5-6-19-17(12-16)18(13-23-19)20(21(26)27)25-10-8-24(9-11-25)14-15-4-2-3-7-22-15/h2-7,12-13,20,23H,8-11,14H2,1H3,(H,26,27)/t20-/m0/s1. The van der Waals surface area contributed by atoms with E-state index in [4.69, 9.17) is 4.74 Å². The van der Waals surface area contributed by atoms with Gasteiger partial charge in [0.2, 0.25) is 0 Å². The summed E-state index contributed by atoms with van der Waals surface area (Å²) in [4.78, 5) is 24.1. The molecule has 1 aliphatic heterocycles. The van der Waals surface area contributed by atoms with Crippen LogP contribution in [-0.4, -0.2) is 64.1 Å². The number of hydrogen-bond acceptors (Lipinski definition) is 5. The van der Waals surface area contributed by atoms with E-state index in [2.05, 4.69) is 14.9 Å². The molecule has 0 bridgehead atoms. The second kappa shape index (κ2) is 8.00. The molecule has 1 aliphatic rings. The van der Waals surface area contributed by atoms with E-state index in [0.29, 0.717) is 13.1 Å². The van der Waals surface area contributed by atoms with Crippen molar-refractivity contribution in [1.29, 1.82) is 0 Å². The smallest absolute Gasteiger partial charge is 0.325 e. The lowest BCUT2D eigenvalue weighted by molar-refractivity contribution is -0.144. The lowest BCUT2D eigenvalue weighted by Crippen LogP contribution is -2.48. The molecule has 0 amide bonds. The molecule has 4 rings (SSSR count). The summed E-state index contributed by atoms with van der Waals surface area (Å²) in [5.41, 5.74) is 2.73. The molecule has 1 fully saturated rings. The van der Waals surface area contributed by atoms with E-state index in [1.807, 2.05) is 47.5 Å². The number of nitrogens with zero attached hydrogens (tertiary/aromatic N) is 3. The quantitative estimate of drug-likeness (QED) is 0.684. The van der Waals surface area contributed by atoms with E-state index in [1.54, 1.807) is 13.3 Å². The average molecular weight is 380 g/mol. The van der Waals surface area contributed by atoms with Crippen molar-refractivity contribution in [1.82, 2.24) is 19.8 Å². The number of aromatic nitrogens is 2. The topological polar surface area (TPSA) is 81.7 Å². The number of aliphatic carboxylic acids is 1. The largest absolute Gasteiger partial charge is 0.497 e. The summed E-state index contributed by atoms with van der Waals surface area (Å²) in [6.45, 7) is 3.80. The molecular formula is C21H24N4O3. The van der Waals surface area contributed by atoms with Gasteiger partial charge in [0, 0.05) is 61.6 Å². The Balaban J connectivity index is 1.51. The highest BCUT2D eigenvalue weighted by Gasteiger charge is 2.32. The monoisotopic (exact) mass is 380 g/mol. The third-order valence-electron chi connectivity index (χ3n) is 5.33. The fourth-order valence-electron chi connectivity index (χ4n) is 3.86. The normalized spacial score (nSPS) is 16.9. The molecule has 0 spiro atoms. The fraction of sp³-hybridized carbons (Fsp3) is 0.333. The average Bonchev–Trinajstić information content (AvgIpc) is 3.13. The minimum atomic E-state index is -0.832. The molecule has 1 atom stereocenters. The van der Waals surface area contributed by atoms with Crippen LogP contribution in [0.15, 0.2) is 48.8 Å². The number of carboxylic acid groups (broad SMARTS) is 1. The molecule has 0 unspecified atom stereocenters. The maximum absolute atomic E-state index is 12.2. The fourth-order valence-corrected chi connectivity index (χ4v) is 3.86. The van der Waals surface area contributed by atoms with Crippen LogP contribution in [0, 0.1) is 0 Å². The van der Waals surface area contributed by atoms with E-state index in [1.165, 1.54) is 0 Å². The van der Waals surface area contributed by atoms with Crippen molar-refractivity contribution < 1.29 is 14.6 Å². The number of piperazine rings is 1. The first-order valence-corrected chi connectivity index (χ1v) is 9.40. The Hall–Kier alpha value is -2.90. The molecule has 3 heterocycles. The van der Waals surface area contributed by atoms with Gasteiger partial charge in [-0.05, 0) is 30.3 Å². The van der Waals surface area contributed by atoms with Crippen LogP contribution in [0.2, 0.25) is 0 Å². The predicted molar refractivity (Wildman–Crippen MR) is 106 cm³/mol. The van der Waals surface area contributed by atoms with Gasteiger partial charge in [-0.3, -0.25) is 19.6 Å². The first-order valence-electron chi connectivity index (χ1n) is 9.40. The van der Waals surface area contributed by atoms with Gasteiger partial charge < -0.3 is 14.8 Å². The van der Waals surface area contributed by atoms with Gasteiger partial charge in [0.1, 0.15) is 11.8 Å². The number of hydrogen-bond donors (Lipinski definition) is 2. The maximum atomic E-state index is 12.2. The molecule has 0 radical (unpaired) electrons. The summed E-state index contributed by atoms with van der Waals surface area (Å²) >= 11 is 0. The highest BCUT2D eigenvalue weighted by Crippen LogP contribution is 2.31. The van der Waals surface area contributed by atoms with E-state index >= 15 is 0 Å². The first kappa shape index (κ1) is 18.5. The molecule has 7 nitrogen and oxygen atoms in total. The van der Waals surface area contributed by atoms with E-state index in [9.17, 15) is 9.90 Å². The second-order valence-corrected chi connectivity index (χ2v) is 7.03. The van der Waals surface area contributed by atoms with Gasteiger partial charge in [-0.15, -0.1) is 0 Å². The van der Waals surface area contributed by atoms with Gasteiger partial charge >= 0.3 is 5.97 Å². The number of carbonyl (C=O) groups is 1. The molecule has 0 saturated carbocycles. The third kappa shape index (κ3) is 3.72. The molecule has 2 aromatic heterocycles. The van der Waals surface area contributed by atoms with Crippen molar-refractivity contribution in [3.05, 3.63) is 60.0 Å². The van der Waals surface area contributed by atoms with Crippen LogP contribution in [0.25, 0.3) is 10.9 Å². The molecule has 2 N–H and O–H groups in total. The van der Waals surface area contributed by atoms with Crippen molar-refractivity contribution in [3.8, 4) is 5.75 Å². The minimum Gasteiger partial charge on any atom is -0.497 e. The zero-order valence-corrected chi connectivity index (χ0v) is 15.8. The Labute approximate surface area is 163 Å². The number of pyridine rings is 1. The van der Waals surface area contributed by atoms with Crippen molar-refractivity contribution >= 4 is 16.9 Å². The van der Waals surface area contributed by atoms with Crippen LogP contribution < -0.4 is 4.74 Å². The van der Waals surface area contributed by atoms with Crippen LogP contribution in [0.1, 0.15) is 17.3 Å². The first-order chi connectivity index (χ1) is 13.7. The molecule has 3 aromatic rings. The summed E-state index contributed by atoms with van der Waals surface area (Å²) in [5, 5.41) is 10.9. The van der Waals surface area contributed by atoms with Crippen LogP contribution in [0.4, 0.5) is 0 Å². The number of fused-ring (bicyclic) bond motifs is 1. The lowest BCUT2D eigenvalue weighted by atomic mass is 10.0. The summed E-state index contributed by atoms with van der Waals surface area (Å²) in [6, 6.07) is 10.9. The number of aromatic amines is 1. The number of carboxylic acids is 1. The van der Waals surface area contributed by atoms with Crippen LogP contribution in [-0.2, 0) is 11.3 Å². The summed E-state index contributed by atoms with van der Waals surface area (Å²) < 4.78 is 5.32. The van der Waals surface area contributed by atoms with Crippen LogP contribution >= 0.6 is 0 Å². The highest BCUT2D eigenvalue weighted by atomic mass is 16.5. The summed E-state index contributed by atoms with van der Waals surface area (Å²) in [5.74, 6) is -0.112. The molecule has 146 valence electrons. The number of nitrogens with one attached hydrogen (secondary N) is 1. The molecule has 1 aromatic carbocycles. The predicted octanol–water partition coefficient (Wildman–Crippen LogP) is 2.52. The SMILES string of the molecule is COc1ccc2[nH]cc([C@@H](C(=O)O)N3CCN(Cc4ccccn4)CC3)c2c1. The van der Waals surface area contributed by atoms with E-state index in [0.717, 1.165) is 47.5 Å². The number of methoxy groups -OCH3 is 1. The Morgan fingerprint density at radius 2 is 2.07 bits per heavy atom. The van der Waals surface area contributed by atoms with Crippen molar-refractivity contribution in [2.45, 2.75) is 12.6 Å². The zero-order chi connectivity index (χ0) is 19.5. The van der Waals surface area contributed by atoms with Gasteiger partial charge in [-0.25, -0.2) is 0 Å². The van der Waals surface area contributed by atoms with E-state index < -0.39 is 12.0 Å². The van der Waals surface area contributed by atoms with Crippen LogP contribution in [0.5, 0.6) is 5.75 Å². The Kier molecular flexibility index (Phi) is 5.27. The Morgan fingerprint density at radius 1 is 1.25 bits per heavy atom. The van der Waals surface area contributed by atoms with Gasteiger partial charge in [0.05, 0.1) is 12.8 Å². The van der Waals surface area contributed by atoms with Gasteiger partial charge in [-0.1, -0.05) is 6.07 Å². The number of H-pyrrole nitrogens is 1. The van der Waals surface area contributed by atoms with E-state index in [-0.39, 0.29) is 0 Å². The Morgan fingerprint density at radius 3 is 2.75 bits per heavy atom. The zero-order valence-electron chi connectivity index (χ0n) is 15.8. The molecule has 0 aliphatic carbocycles. The lowest BCUT2D eigenvalue weighted by Gasteiger charge is -2.37. The van der Waals surface area contributed by atoms with Crippen LogP contribution in [0.3, 0.4) is 0 Å². The number of benzene rings is 1. The third-order valence-corrected chi connectivity index (χ3v) is 5.33. The summed E-state index contributed by atoms with van der Waals surface area (Å²) in [6.07, 6.45) is 3.61.